The number of rotatable bonds is 5. The fourth-order valence-corrected chi connectivity index (χ4v) is 1.92. The standard InChI is InChI=1S/C13H11BrF2N2O/c14-10-5-9(6-17-8-10)7-18-11-1-3-12(4-2-11)19-13(15)16/h1-6,8,13,18H,7H2. The summed E-state index contributed by atoms with van der Waals surface area (Å²) in [5.74, 6) is 0.143. The van der Waals surface area contributed by atoms with Crippen molar-refractivity contribution in [2.45, 2.75) is 13.2 Å². The van der Waals surface area contributed by atoms with Crippen LogP contribution >= 0.6 is 15.9 Å². The topological polar surface area (TPSA) is 34.1 Å². The molecule has 100 valence electrons. The molecule has 0 saturated heterocycles. The molecule has 19 heavy (non-hydrogen) atoms. The fraction of sp³-hybridized carbons (Fsp3) is 0.154. The summed E-state index contributed by atoms with van der Waals surface area (Å²) < 4.78 is 29.1. The maximum absolute atomic E-state index is 12.0. The lowest BCUT2D eigenvalue weighted by Gasteiger charge is -2.08. The summed E-state index contributed by atoms with van der Waals surface area (Å²) >= 11 is 3.34. The summed E-state index contributed by atoms with van der Waals surface area (Å²) in [4.78, 5) is 4.05. The molecule has 2 rings (SSSR count). The SMILES string of the molecule is FC(F)Oc1ccc(NCc2cncc(Br)c2)cc1. The molecule has 0 saturated carbocycles. The third-order valence-electron chi connectivity index (χ3n) is 2.34. The average molecular weight is 329 g/mol. The molecule has 0 radical (unpaired) electrons. The van der Waals surface area contributed by atoms with Gasteiger partial charge in [-0.15, -0.1) is 0 Å². The number of pyridine rings is 1. The number of ether oxygens (including phenoxy) is 1. The lowest BCUT2D eigenvalue weighted by atomic mass is 10.2. The van der Waals surface area contributed by atoms with Gasteiger partial charge in [0.05, 0.1) is 0 Å². The molecule has 3 nitrogen and oxygen atoms in total. The van der Waals surface area contributed by atoms with Crippen LogP contribution in [0.3, 0.4) is 0 Å². The van der Waals surface area contributed by atoms with Gasteiger partial charge in [0.1, 0.15) is 5.75 Å². The minimum absolute atomic E-state index is 0.143. The summed E-state index contributed by atoms with van der Waals surface area (Å²) in [6, 6.07) is 8.31. The molecule has 0 spiro atoms. The van der Waals surface area contributed by atoms with E-state index in [-0.39, 0.29) is 5.75 Å². The first kappa shape index (κ1) is 13.7. The van der Waals surface area contributed by atoms with E-state index in [9.17, 15) is 8.78 Å². The molecule has 1 N–H and O–H groups in total. The molecule has 1 heterocycles. The summed E-state index contributed by atoms with van der Waals surface area (Å²) in [6.45, 7) is -2.20. The maximum Gasteiger partial charge on any atom is 0.387 e. The highest BCUT2D eigenvalue weighted by atomic mass is 79.9. The van der Waals surface area contributed by atoms with Gasteiger partial charge in [-0.2, -0.15) is 8.78 Å². The van der Waals surface area contributed by atoms with E-state index in [0.717, 1.165) is 15.7 Å². The highest BCUT2D eigenvalue weighted by Gasteiger charge is 2.03. The number of alkyl halides is 2. The predicted octanol–water partition coefficient (Wildman–Crippen LogP) is 4.06. The summed E-state index contributed by atoms with van der Waals surface area (Å²) in [6.07, 6.45) is 3.46. The molecule has 1 aromatic heterocycles. The van der Waals surface area contributed by atoms with Crippen molar-refractivity contribution in [3.8, 4) is 5.75 Å². The van der Waals surface area contributed by atoms with E-state index in [1.807, 2.05) is 6.07 Å². The van der Waals surface area contributed by atoms with Crippen LogP contribution < -0.4 is 10.1 Å². The Morgan fingerprint density at radius 1 is 1.21 bits per heavy atom. The molecular weight excluding hydrogens is 318 g/mol. The van der Waals surface area contributed by atoms with Crippen LogP contribution in [0.15, 0.2) is 47.2 Å². The van der Waals surface area contributed by atoms with E-state index in [1.165, 1.54) is 12.1 Å². The molecule has 0 aliphatic heterocycles. The Kier molecular flexibility index (Phi) is 4.68. The molecule has 2 aromatic rings. The number of hydrogen-bond donors (Lipinski definition) is 1. The highest BCUT2D eigenvalue weighted by molar-refractivity contribution is 9.10. The minimum Gasteiger partial charge on any atom is -0.435 e. The largest absolute Gasteiger partial charge is 0.435 e. The Morgan fingerprint density at radius 2 is 1.95 bits per heavy atom. The molecule has 0 amide bonds. The Hall–Kier alpha value is -1.69. The number of hydrogen-bond acceptors (Lipinski definition) is 3. The zero-order valence-electron chi connectivity index (χ0n) is 9.82. The molecule has 0 fully saturated rings. The van der Waals surface area contributed by atoms with Gasteiger partial charge < -0.3 is 10.1 Å². The van der Waals surface area contributed by atoms with Crippen molar-refractivity contribution in [2.75, 3.05) is 5.32 Å². The van der Waals surface area contributed by atoms with Gasteiger partial charge in [0.25, 0.3) is 0 Å². The summed E-state index contributed by atoms with van der Waals surface area (Å²) in [5.41, 5.74) is 1.84. The van der Waals surface area contributed by atoms with Gasteiger partial charge in [0.15, 0.2) is 0 Å². The number of benzene rings is 1. The zero-order chi connectivity index (χ0) is 13.7. The lowest BCUT2D eigenvalue weighted by Crippen LogP contribution is -2.02. The summed E-state index contributed by atoms with van der Waals surface area (Å²) in [7, 11) is 0. The van der Waals surface area contributed by atoms with Gasteiger partial charge in [-0.05, 0) is 51.8 Å². The normalized spacial score (nSPS) is 10.5. The minimum atomic E-state index is -2.80. The molecule has 1 aromatic carbocycles. The van der Waals surface area contributed by atoms with Gasteiger partial charge in [0, 0.05) is 29.1 Å². The van der Waals surface area contributed by atoms with E-state index in [2.05, 4.69) is 31.0 Å². The monoisotopic (exact) mass is 328 g/mol. The number of nitrogens with zero attached hydrogens (tertiary/aromatic N) is 1. The van der Waals surface area contributed by atoms with Crippen LogP contribution in [0.25, 0.3) is 0 Å². The van der Waals surface area contributed by atoms with Crippen LogP contribution in [0.5, 0.6) is 5.75 Å². The van der Waals surface area contributed by atoms with Crippen molar-refractivity contribution in [3.05, 3.63) is 52.8 Å². The number of aromatic nitrogens is 1. The van der Waals surface area contributed by atoms with E-state index in [1.54, 1.807) is 24.5 Å². The third kappa shape index (κ3) is 4.48. The molecule has 0 unspecified atom stereocenters. The van der Waals surface area contributed by atoms with Crippen molar-refractivity contribution in [1.29, 1.82) is 0 Å². The second-order valence-electron chi connectivity index (χ2n) is 3.77. The average Bonchev–Trinajstić information content (AvgIpc) is 2.37. The van der Waals surface area contributed by atoms with Crippen LogP contribution in [-0.4, -0.2) is 11.6 Å². The maximum atomic E-state index is 12.0. The highest BCUT2D eigenvalue weighted by Crippen LogP contribution is 2.18. The van der Waals surface area contributed by atoms with Gasteiger partial charge in [-0.1, -0.05) is 0 Å². The van der Waals surface area contributed by atoms with Crippen molar-refractivity contribution < 1.29 is 13.5 Å². The number of anilines is 1. The van der Waals surface area contributed by atoms with Gasteiger partial charge >= 0.3 is 6.61 Å². The Balaban J connectivity index is 1.93. The molecular formula is C13H11BrF2N2O. The van der Waals surface area contributed by atoms with Crippen LogP contribution in [0, 0.1) is 0 Å². The quantitative estimate of drug-likeness (QED) is 0.898. The van der Waals surface area contributed by atoms with Gasteiger partial charge in [-0.25, -0.2) is 0 Å². The predicted molar refractivity (Wildman–Crippen MR) is 72.3 cm³/mol. The number of halogens is 3. The lowest BCUT2D eigenvalue weighted by molar-refractivity contribution is -0.0498. The van der Waals surface area contributed by atoms with Crippen molar-refractivity contribution in [1.82, 2.24) is 4.98 Å². The smallest absolute Gasteiger partial charge is 0.387 e. The summed E-state index contributed by atoms with van der Waals surface area (Å²) in [5, 5.41) is 3.16. The first-order valence-corrected chi connectivity index (χ1v) is 6.31. The second-order valence-corrected chi connectivity index (χ2v) is 4.68. The first-order chi connectivity index (χ1) is 9.13. The second kappa shape index (κ2) is 6.47. The molecule has 0 aliphatic carbocycles. The molecule has 0 aliphatic rings. The van der Waals surface area contributed by atoms with E-state index in [4.69, 9.17) is 0 Å². The van der Waals surface area contributed by atoms with E-state index >= 15 is 0 Å². The third-order valence-corrected chi connectivity index (χ3v) is 2.77. The van der Waals surface area contributed by atoms with Crippen LogP contribution in [-0.2, 0) is 6.54 Å². The van der Waals surface area contributed by atoms with Crippen LogP contribution in [0.1, 0.15) is 5.56 Å². The van der Waals surface area contributed by atoms with Gasteiger partial charge in [-0.3, -0.25) is 4.98 Å². The molecule has 6 heteroatoms. The van der Waals surface area contributed by atoms with E-state index in [0.29, 0.717) is 6.54 Å². The Bertz CT molecular complexity index is 534. The van der Waals surface area contributed by atoms with Crippen LogP contribution in [0.4, 0.5) is 14.5 Å². The Labute approximate surface area is 117 Å². The molecule has 0 bridgehead atoms. The van der Waals surface area contributed by atoms with E-state index < -0.39 is 6.61 Å². The van der Waals surface area contributed by atoms with Crippen molar-refractivity contribution in [3.63, 3.8) is 0 Å². The first-order valence-electron chi connectivity index (χ1n) is 5.51. The fourth-order valence-electron chi connectivity index (χ4n) is 1.51. The van der Waals surface area contributed by atoms with Crippen molar-refractivity contribution in [2.24, 2.45) is 0 Å². The number of nitrogens with one attached hydrogen (secondary N) is 1. The zero-order valence-corrected chi connectivity index (χ0v) is 11.4. The Morgan fingerprint density at radius 3 is 2.58 bits per heavy atom. The van der Waals surface area contributed by atoms with Crippen molar-refractivity contribution >= 4 is 21.6 Å². The molecule has 0 atom stereocenters. The van der Waals surface area contributed by atoms with Crippen LogP contribution in [0.2, 0.25) is 0 Å². The van der Waals surface area contributed by atoms with Gasteiger partial charge in [0.2, 0.25) is 0 Å².